The molecule has 0 saturated carbocycles. The van der Waals surface area contributed by atoms with E-state index in [2.05, 4.69) is 60.0 Å². The molecular formula is C20H32N4O. The van der Waals surface area contributed by atoms with Crippen LogP contribution in [0.5, 0.6) is 0 Å². The fourth-order valence-corrected chi connectivity index (χ4v) is 3.98. The first kappa shape index (κ1) is 18.2. The molecular weight excluding hydrogens is 312 g/mol. The van der Waals surface area contributed by atoms with Gasteiger partial charge in [-0.05, 0) is 38.6 Å². The summed E-state index contributed by atoms with van der Waals surface area (Å²) in [5.41, 5.74) is 2.74. The molecule has 1 amide bonds. The fourth-order valence-electron chi connectivity index (χ4n) is 3.98. The highest BCUT2D eigenvalue weighted by molar-refractivity contribution is 5.78. The van der Waals surface area contributed by atoms with Gasteiger partial charge in [0.15, 0.2) is 0 Å². The number of likely N-dealkylation sites (N-methyl/N-ethyl adjacent to an activating group) is 1. The number of benzene rings is 1. The van der Waals surface area contributed by atoms with E-state index >= 15 is 0 Å². The lowest BCUT2D eigenvalue weighted by Crippen LogP contribution is -2.51. The summed E-state index contributed by atoms with van der Waals surface area (Å²) >= 11 is 0. The Labute approximate surface area is 152 Å². The lowest BCUT2D eigenvalue weighted by Gasteiger charge is -2.37. The maximum atomic E-state index is 12.6. The fraction of sp³-hybridized carbons (Fsp3) is 0.650. The predicted octanol–water partition coefficient (Wildman–Crippen LogP) is 1.53. The van der Waals surface area contributed by atoms with E-state index < -0.39 is 0 Å². The molecule has 0 aliphatic carbocycles. The standard InChI is InChI=1S/C20H32N4O/c1-4-17-7-5-6-8-19(17)23-11-13-24(14-12-23)20(25)16-22-10-9-18(15-22)21(2)3/h5-8,18H,4,9-16H2,1-3H3. The van der Waals surface area contributed by atoms with Crippen LogP contribution in [0.1, 0.15) is 18.9 Å². The van der Waals surface area contributed by atoms with Crippen molar-refractivity contribution in [2.24, 2.45) is 0 Å². The molecule has 0 bridgehead atoms. The van der Waals surface area contributed by atoms with Crippen LogP contribution < -0.4 is 4.90 Å². The molecule has 2 aliphatic heterocycles. The highest BCUT2D eigenvalue weighted by Crippen LogP contribution is 2.22. The van der Waals surface area contributed by atoms with Gasteiger partial charge in [0.05, 0.1) is 6.54 Å². The third-order valence-corrected chi connectivity index (χ3v) is 5.68. The van der Waals surface area contributed by atoms with Crippen molar-refractivity contribution >= 4 is 11.6 Å². The molecule has 0 spiro atoms. The van der Waals surface area contributed by atoms with E-state index in [1.165, 1.54) is 17.7 Å². The smallest absolute Gasteiger partial charge is 0.236 e. The minimum Gasteiger partial charge on any atom is -0.368 e. The SMILES string of the molecule is CCc1ccccc1N1CCN(C(=O)CN2CCC(N(C)C)C2)CC1. The summed E-state index contributed by atoms with van der Waals surface area (Å²) in [6.45, 7) is 8.38. The van der Waals surface area contributed by atoms with Gasteiger partial charge in [0, 0.05) is 51.0 Å². The Bertz CT molecular complexity index is 581. The van der Waals surface area contributed by atoms with Gasteiger partial charge in [-0.3, -0.25) is 9.69 Å². The zero-order valence-corrected chi connectivity index (χ0v) is 15.9. The molecule has 2 fully saturated rings. The second kappa shape index (κ2) is 8.19. The van der Waals surface area contributed by atoms with E-state index in [9.17, 15) is 4.79 Å². The van der Waals surface area contributed by atoms with E-state index in [1.54, 1.807) is 0 Å². The zero-order chi connectivity index (χ0) is 17.8. The number of hydrogen-bond donors (Lipinski definition) is 0. The normalized spacial score (nSPS) is 22.0. The van der Waals surface area contributed by atoms with Crippen molar-refractivity contribution in [1.82, 2.24) is 14.7 Å². The summed E-state index contributed by atoms with van der Waals surface area (Å²) in [4.78, 5) is 21.7. The quantitative estimate of drug-likeness (QED) is 0.810. The highest BCUT2D eigenvalue weighted by Gasteiger charge is 2.28. The van der Waals surface area contributed by atoms with Gasteiger partial charge in [0.25, 0.3) is 0 Å². The van der Waals surface area contributed by atoms with Crippen LogP contribution in [0.3, 0.4) is 0 Å². The molecule has 2 aliphatic rings. The van der Waals surface area contributed by atoms with E-state index in [0.29, 0.717) is 18.5 Å². The van der Waals surface area contributed by atoms with Crippen LogP contribution in [0.2, 0.25) is 0 Å². The molecule has 1 aromatic carbocycles. The topological polar surface area (TPSA) is 30.0 Å². The first-order valence-electron chi connectivity index (χ1n) is 9.58. The van der Waals surface area contributed by atoms with Crippen molar-refractivity contribution in [2.45, 2.75) is 25.8 Å². The lowest BCUT2D eigenvalue weighted by atomic mass is 10.1. The summed E-state index contributed by atoms with van der Waals surface area (Å²) in [5, 5.41) is 0. The van der Waals surface area contributed by atoms with Crippen LogP contribution in [-0.2, 0) is 11.2 Å². The Morgan fingerprint density at radius 2 is 1.84 bits per heavy atom. The summed E-state index contributed by atoms with van der Waals surface area (Å²) in [5.74, 6) is 0.294. The maximum Gasteiger partial charge on any atom is 0.236 e. The Balaban J connectivity index is 1.50. The van der Waals surface area contributed by atoms with Crippen LogP contribution in [0.15, 0.2) is 24.3 Å². The third-order valence-electron chi connectivity index (χ3n) is 5.68. The maximum absolute atomic E-state index is 12.6. The van der Waals surface area contributed by atoms with Gasteiger partial charge in [-0.2, -0.15) is 0 Å². The lowest BCUT2D eigenvalue weighted by molar-refractivity contribution is -0.132. The molecule has 1 unspecified atom stereocenters. The average Bonchev–Trinajstić information content (AvgIpc) is 3.10. The molecule has 25 heavy (non-hydrogen) atoms. The molecule has 5 nitrogen and oxygen atoms in total. The monoisotopic (exact) mass is 344 g/mol. The van der Waals surface area contributed by atoms with Gasteiger partial charge in [0.1, 0.15) is 0 Å². The van der Waals surface area contributed by atoms with Crippen molar-refractivity contribution in [3.8, 4) is 0 Å². The van der Waals surface area contributed by atoms with E-state index in [0.717, 1.165) is 45.7 Å². The first-order valence-corrected chi connectivity index (χ1v) is 9.58. The Hall–Kier alpha value is -1.59. The Morgan fingerprint density at radius 1 is 1.12 bits per heavy atom. The molecule has 1 aromatic rings. The van der Waals surface area contributed by atoms with Crippen LogP contribution in [0, 0.1) is 0 Å². The third kappa shape index (κ3) is 4.33. The number of carbonyl (C=O) groups excluding carboxylic acids is 1. The average molecular weight is 345 g/mol. The number of hydrogen-bond acceptors (Lipinski definition) is 4. The van der Waals surface area contributed by atoms with Crippen molar-refractivity contribution < 1.29 is 4.79 Å². The van der Waals surface area contributed by atoms with Gasteiger partial charge in [0.2, 0.25) is 5.91 Å². The van der Waals surface area contributed by atoms with Gasteiger partial charge >= 0.3 is 0 Å². The number of rotatable bonds is 5. The van der Waals surface area contributed by atoms with Crippen LogP contribution >= 0.6 is 0 Å². The number of piperazine rings is 1. The van der Waals surface area contributed by atoms with Crippen LogP contribution in [0.4, 0.5) is 5.69 Å². The van der Waals surface area contributed by atoms with Crippen molar-refractivity contribution in [1.29, 1.82) is 0 Å². The molecule has 0 radical (unpaired) electrons. The summed E-state index contributed by atoms with van der Waals surface area (Å²) in [6, 6.07) is 9.23. The number of likely N-dealkylation sites (tertiary alicyclic amines) is 1. The first-order chi connectivity index (χ1) is 12.1. The molecule has 1 atom stereocenters. The second-order valence-electron chi connectivity index (χ2n) is 7.49. The van der Waals surface area contributed by atoms with Crippen molar-refractivity contribution in [3.05, 3.63) is 29.8 Å². The summed E-state index contributed by atoms with van der Waals surface area (Å²) < 4.78 is 0. The molecule has 3 rings (SSSR count). The molecule has 2 heterocycles. The number of carbonyl (C=O) groups is 1. The molecule has 5 heteroatoms. The minimum absolute atomic E-state index is 0.294. The van der Waals surface area contributed by atoms with Gasteiger partial charge in [-0.15, -0.1) is 0 Å². The Kier molecular flexibility index (Phi) is 5.97. The van der Waals surface area contributed by atoms with Crippen molar-refractivity contribution in [2.75, 3.05) is 64.8 Å². The predicted molar refractivity (Wildman–Crippen MR) is 103 cm³/mol. The zero-order valence-electron chi connectivity index (χ0n) is 15.9. The largest absolute Gasteiger partial charge is 0.368 e. The molecule has 138 valence electrons. The molecule has 2 saturated heterocycles. The summed E-state index contributed by atoms with van der Waals surface area (Å²) in [7, 11) is 4.26. The van der Waals surface area contributed by atoms with Gasteiger partial charge < -0.3 is 14.7 Å². The number of nitrogens with zero attached hydrogens (tertiary/aromatic N) is 4. The minimum atomic E-state index is 0.294. The number of aryl methyl sites for hydroxylation is 1. The van der Waals surface area contributed by atoms with Crippen molar-refractivity contribution in [3.63, 3.8) is 0 Å². The van der Waals surface area contributed by atoms with E-state index in [4.69, 9.17) is 0 Å². The van der Waals surface area contributed by atoms with Gasteiger partial charge in [-0.1, -0.05) is 25.1 Å². The highest BCUT2D eigenvalue weighted by atomic mass is 16.2. The second-order valence-corrected chi connectivity index (χ2v) is 7.49. The Morgan fingerprint density at radius 3 is 2.48 bits per heavy atom. The summed E-state index contributed by atoms with van der Waals surface area (Å²) in [6.07, 6.45) is 2.22. The molecule has 0 aromatic heterocycles. The van der Waals surface area contributed by atoms with Gasteiger partial charge in [-0.25, -0.2) is 0 Å². The molecule has 0 N–H and O–H groups in total. The number of para-hydroxylation sites is 1. The van der Waals surface area contributed by atoms with E-state index in [-0.39, 0.29) is 0 Å². The number of anilines is 1. The number of amides is 1. The van der Waals surface area contributed by atoms with Crippen LogP contribution in [0.25, 0.3) is 0 Å². The van der Waals surface area contributed by atoms with E-state index in [1.807, 2.05) is 4.90 Å². The van der Waals surface area contributed by atoms with Crippen LogP contribution in [-0.4, -0.2) is 86.6 Å².